The van der Waals surface area contributed by atoms with Gasteiger partial charge in [0.15, 0.2) is 5.96 Å². The van der Waals surface area contributed by atoms with Gasteiger partial charge in [-0.2, -0.15) is 0 Å². The van der Waals surface area contributed by atoms with E-state index in [4.69, 9.17) is 9.41 Å². The minimum absolute atomic E-state index is 0. The first-order chi connectivity index (χ1) is 13.3. The molecule has 0 saturated heterocycles. The Bertz CT molecular complexity index is 823. The summed E-state index contributed by atoms with van der Waals surface area (Å²) in [6.07, 6.45) is 5.17. The molecule has 0 aliphatic heterocycles. The number of hydrogen-bond acceptors (Lipinski definition) is 3. The lowest BCUT2D eigenvalue weighted by molar-refractivity contribution is 0.506. The van der Waals surface area contributed by atoms with Gasteiger partial charge in [-0.1, -0.05) is 34.1 Å². The van der Waals surface area contributed by atoms with E-state index in [0.717, 1.165) is 53.4 Å². The number of pyridine rings is 1. The highest BCUT2D eigenvalue weighted by Crippen LogP contribution is 2.11. The maximum Gasteiger partial charge on any atom is 0.191 e. The molecule has 0 atom stereocenters. The Kier molecular flexibility index (Phi) is 10.1. The van der Waals surface area contributed by atoms with E-state index in [-0.39, 0.29) is 24.0 Å². The number of guanidine groups is 1. The van der Waals surface area contributed by atoms with Crippen LogP contribution in [0.1, 0.15) is 17.0 Å². The molecule has 28 heavy (non-hydrogen) atoms. The van der Waals surface area contributed by atoms with Crippen molar-refractivity contribution < 1.29 is 4.42 Å². The van der Waals surface area contributed by atoms with Gasteiger partial charge in [0.25, 0.3) is 0 Å². The Morgan fingerprint density at radius 3 is 2.43 bits per heavy atom. The van der Waals surface area contributed by atoms with Crippen molar-refractivity contribution in [2.45, 2.75) is 19.4 Å². The van der Waals surface area contributed by atoms with Gasteiger partial charge in [0.05, 0.1) is 12.8 Å². The first kappa shape index (κ1) is 22.4. The number of halogens is 2. The minimum Gasteiger partial charge on any atom is -0.469 e. The molecule has 0 fully saturated rings. The molecular formula is C21H24BrIN4O. The molecule has 2 N–H and O–H groups in total. The van der Waals surface area contributed by atoms with Crippen molar-refractivity contribution in [3.63, 3.8) is 0 Å². The molecule has 3 aromatic rings. The Hall–Kier alpha value is -1.87. The van der Waals surface area contributed by atoms with E-state index in [0.29, 0.717) is 6.54 Å². The van der Waals surface area contributed by atoms with Gasteiger partial charge in [-0.15, -0.1) is 24.0 Å². The van der Waals surface area contributed by atoms with Crippen LogP contribution < -0.4 is 10.6 Å². The summed E-state index contributed by atoms with van der Waals surface area (Å²) in [5.74, 6) is 1.75. The molecule has 0 saturated carbocycles. The van der Waals surface area contributed by atoms with Gasteiger partial charge in [-0.25, -0.2) is 4.99 Å². The van der Waals surface area contributed by atoms with E-state index in [1.165, 1.54) is 0 Å². The van der Waals surface area contributed by atoms with E-state index in [2.05, 4.69) is 43.7 Å². The van der Waals surface area contributed by atoms with Crippen LogP contribution in [0.5, 0.6) is 0 Å². The molecule has 2 aromatic heterocycles. The first-order valence-electron chi connectivity index (χ1n) is 8.98. The molecule has 0 aliphatic carbocycles. The number of rotatable bonds is 8. The van der Waals surface area contributed by atoms with Crippen LogP contribution in [0.25, 0.3) is 0 Å². The Labute approximate surface area is 191 Å². The molecule has 2 heterocycles. The quantitative estimate of drug-likeness (QED) is 0.243. The second-order valence-electron chi connectivity index (χ2n) is 6.05. The van der Waals surface area contributed by atoms with Crippen LogP contribution in [0.3, 0.4) is 0 Å². The van der Waals surface area contributed by atoms with Gasteiger partial charge in [0.2, 0.25) is 0 Å². The maximum atomic E-state index is 5.38. The minimum atomic E-state index is 0. The number of aliphatic imine (C=N–C) groups is 1. The molecule has 1 aromatic carbocycles. The van der Waals surface area contributed by atoms with Gasteiger partial charge in [0.1, 0.15) is 5.76 Å². The summed E-state index contributed by atoms with van der Waals surface area (Å²) in [7, 11) is 0. The smallest absolute Gasteiger partial charge is 0.191 e. The lowest BCUT2D eigenvalue weighted by Gasteiger charge is -2.12. The molecule has 0 amide bonds. The zero-order valence-electron chi connectivity index (χ0n) is 15.5. The number of hydrogen-bond donors (Lipinski definition) is 2. The van der Waals surface area contributed by atoms with Gasteiger partial charge < -0.3 is 15.1 Å². The molecule has 0 aliphatic rings. The monoisotopic (exact) mass is 554 g/mol. The van der Waals surface area contributed by atoms with Crippen molar-refractivity contribution in [1.82, 2.24) is 15.6 Å². The predicted molar refractivity (Wildman–Crippen MR) is 127 cm³/mol. The van der Waals surface area contributed by atoms with Crippen LogP contribution in [0.2, 0.25) is 0 Å². The van der Waals surface area contributed by atoms with E-state index in [9.17, 15) is 0 Å². The summed E-state index contributed by atoms with van der Waals surface area (Å²) in [4.78, 5) is 9.06. The standard InChI is InChI=1S/C21H23BrN4O.HI/c22-18-8-6-17(7-9-18)16-26-21(25-14-11-20-5-3-15-27-20)24-13-10-19-4-1-2-12-23-19;/h1-9,12,15H,10-11,13-14,16H2,(H2,24,25,26);1H. The molecule has 0 bridgehead atoms. The summed E-state index contributed by atoms with van der Waals surface area (Å²) >= 11 is 3.46. The average molecular weight is 555 g/mol. The molecule has 0 unspecified atom stereocenters. The summed E-state index contributed by atoms with van der Waals surface area (Å²) in [5.41, 5.74) is 2.22. The molecule has 148 valence electrons. The number of benzene rings is 1. The number of nitrogens with one attached hydrogen (secondary N) is 2. The van der Waals surface area contributed by atoms with E-state index in [1.807, 2.05) is 48.7 Å². The summed E-state index contributed by atoms with van der Waals surface area (Å²) in [5, 5.41) is 6.76. The van der Waals surface area contributed by atoms with Crippen LogP contribution >= 0.6 is 39.9 Å². The third kappa shape index (κ3) is 8.02. The number of nitrogens with zero attached hydrogens (tertiary/aromatic N) is 2. The van der Waals surface area contributed by atoms with Crippen molar-refractivity contribution in [2.75, 3.05) is 13.1 Å². The second kappa shape index (κ2) is 12.6. The fourth-order valence-corrected chi connectivity index (χ4v) is 2.81. The molecule has 0 radical (unpaired) electrons. The molecule has 3 rings (SSSR count). The highest BCUT2D eigenvalue weighted by Gasteiger charge is 2.02. The van der Waals surface area contributed by atoms with E-state index >= 15 is 0 Å². The first-order valence-corrected chi connectivity index (χ1v) is 9.78. The highest BCUT2D eigenvalue weighted by molar-refractivity contribution is 14.0. The normalized spacial score (nSPS) is 11.0. The summed E-state index contributed by atoms with van der Waals surface area (Å²) in [6.45, 7) is 2.14. The zero-order chi connectivity index (χ0) is 18.7. The second-order valence-corrected chi connectivity index (χ2v) is 6.96. The third-order valence-electron chi connectivity index (χ3n) is 3.98. The van der Waals surface area contributed by atoms with Crippen molar-refractivity contribution >= 4 is 45.9 Å². The van der Waals surface area contributed by atoms with Crippen molar-refractivity contribution in [1.29, 1.82) is 0 Å². The topological polar surface area (TPSA) is 62.5 Å². The Morgan fingerprint density at radius 2 is 1.75 bits per heavy atom. The molecular weight excluding hydrogens is 531 g/mol. The van der Waals surface area contributed by atoms with Gasteiger partial charge in [-0.3, -0.25) is 4.98 Å². The van der Waals surface area contributed by atoms with Gasteiger partial charge in [0, 0.05) is 42.3 Å². The van der Waals surface area contributed by atoms with E-state index < -0.39 is 0 Å². The van der Waals surface area contributed by atoms with Gasteiger partial charge in [-0.05, 0) is 42.0 Å². The number of aromatic nitrogens is 1. The average Bonchev–Trinajstić information content (AvgIpc) is 3.21. The fourth-order valence-electron chi connectivity index (χ4n) is 2.55. The third-order valence-corrected chi connectivity index (χ3v) is 4.51. The summed E-state index contributed by atoms with van der Waals surface area (Å²) < 4.78 is 6.45. The van der Waals surface area contributed by atoms with E-state index in [1.54, 1.807) is 6.26 Å². The van der Waals surface area contributed by atoms with Crippen LogP contribution in [-0.2, 0) is 19.4 Å². The molecule has 0 spiro atoms. The Balaban J connectivity index is 0.00000280. The van der Waals surface area contributed by atoms with Crippen LogP contribution in [-0.4, -0.2) is 24.0 Å². The largest absolute Gasteiger partial charge is 0.469 e. The van der Waals surface area contributed by atoms with Gasteiger partial charge >= 0.3 is 0 Å². The summed E-state index contributed by atoms with van der Waals surface area (Å²) in [6, 6.07) is 18.1. The van der Waals surface area contributed by atoms with Crippen molar-refractivity contribution in [2.24, 2.45) is 4.99 Å². The number of furan rings is 1. The SMILES string of the molecule is Brc1ccc(CN=C(NCCc2ccccn2)NCCc2ccco2)cc1.I. The fraction of sp³-hybridized carbons (Fsp3) is 0.238. The van der Waals surface area contributed by atoms with Crippen molar-refractivity contribution in [3.8, 4) is 0 Å². The lowest BCUT2D eigenvalue weighted by atomic mass is 10.2. The maximum absolute atomic E-state index is 5.38. The molecule has 7 heteroatoms. The lowest BCUT2D eigenvalue weighted by Crippen LogP contribution is -2.39. The Morgan fingerprint density at radius 1 is 0.964 bits per heavy atom. The van der Waals surface area contributed by atoms with Crippen molar-refractivity contribution in [3.05, 3.63) is 88.5 Å². The highest BCUT2D eigenvalue weighted by atomic mass is 127. The molecule has 5 nitrogen and oxygen atoms in total. The zero-order valence-corrected chi connectivity index (χ0v) is 19.4. The van der Waals surface area contributed by atoms with Crippen LogP contribution in [0, 0.1) is 0 Å². The van der Waals surface area contributed by atoms with Crippen LogP contribution in [0.4, 0.5) is 0 Å². The van der Waals surface area contributed by atoms with Crippen LogP contribution in [0.15, 0.2) is 80.9 Å². The predicted octanol–water partition coefficient (Wildman–Crippen LogP) is 4.58.